The van der Waals surface area contributed by atoms with Crippen LogP contribution < -0.4 is 10.1 Å². The summed E-state index contributed by atoms with van der Waals surface area (Å²) in [6, 6.07) is 6.84. The summed E-state index contributed by atoms with van der Waals surface area (Å²) in [7, 11) is 1.60. The monoisotopic (exact) mass is 366 g/mol. The zero-order valence-electron chi connectivity index (χ0n) is 14.0. The lowest BCUT2D eigenvalue weighted by molar-refractivity contribution is 0.0933. The lowest BCUT2D eigenvalue weighted by Crippen LogP contribution is -2.31. The van der Waals surface area contributed by atoms with Gasteiger partial charge in [0, 0.05) is 12.1 Å². The Morgan fingerprint density at radius 1 is 1.46 bits per heavy atom. The Bertz CT molecular complexity index is 724. The van der Waals surface area contributed by atoms with Crippen LogP contribution in [-0.2, 0) is 6.54 Å². The van der Waals surface area contributed by atoms with Gasteiger partial charge in [0.05, 0.1) is 13.2 Å². The molecule has 0 fully saturated rings. The standard InChI is InChI=1S/C16H22N4O2S2/c1-4-20-14(18-19-16(20)23)13(9-10-24-3)17-15(21)11-5-7-12(22-2)8-6-11/h5-8,13H,4,9-10H2,1-3H3,(H,17,21)(H,19,23)/t13-/m1/s1. The maximum atomic E-state index is 12.6. The minimum Gasteiger partial charge on any atom is -0.497 e. The molecule has 0 aliphatic carbocycles. The zero-order valence-corrected chi connectivity index (χ0v) is 15.7. The van der Waals surface area contributed by atoms with Crippen LogP contribution in [0.15, 0.2) is 24.3 Å². The van der Waals surface area contributed by atoms with Gasteiger partial charge in [-0.25, -0.2) is 0 Å². The van der Waals surface area contributed by atoms with Crippen molar-refractivity contribution in [3.8, 4) is 5.75 Å². The van der Waals surface area contributed by atoms with Gasteiger partial charge in [-0.2, -0.15) is 16.9 Å². The number of rotatable bonds is 8. The Morgan fingerprint density at radius 3 is 2.75 bits per heavy atom. The lowest BCUT2D eigenvalue weighted by Gasteiger charge is -2.18. The number of amides is 1. The molecule has 8 heteroatoms. The summed E-state index contributed by atoms with van der Waals surface area (Å²) in [6.45, 7) is 2.71. The number of H-pyrrole nitrogens is 1. The minimum atomic E-state index is -0.194. The molecule has 1 aromatic heterocycles. The number of ether oxygens (including phenoxy) is 1. The summed E-state index contributed by atoms with van der Waals surface area (Å²) in [4.78, 5) is 12.6. The Balaban J connectivity index is 2.21. The first-order valence-electron chi connectivity index (χ1n) is 7.69. The average molecular weight is 367 g/mol. The smallest absolute Gasteiger partial charge is 0.251 e. The maximum Gasteiger partial charge on any atom is 0.251 e. The fourth-order valence-corrected chi connectivity index (χ4v) is 3.13. The number of carbonyl (C=O) groups is 1. The van der Waals surface area contributed by atoms with Crippen LogP contribution in [0.25, 0.3) is 0 Å². The summed E-state index contributed by atoms with van der Waals surface area (Å²) in [5.74, 6) is 2.26. The van der Waals surface area contributed by atoms with Crippen LogP contribution in [0.5, 0.6) is 5.75 Å². The Kier molecular flexibility index (Phi) is 6.86. The Morgan fingerprint density at radius 2 is 2.17 bits per heavy atom. The van der Waals surface area contributed by atoms with Gasteiger partial charge in [0.25, 0.3) is 5.91 Å². The van der Waals surface area contributed by atoms with Crippen LogP contribution in [0.1, 0.15) is 35.6 Å². The van der Waals surface area contributed by atoms with E-state index in [0.717, 1.165) is 23.7 Å². The highest BCUT2D eigenvalue weighted by atomic mass is 32.2. The van der Waals surface area contributed by atoms with Crippen molar-refractivity contribution in [3.05, 3.63) is 40.4 Å². The molecule has 0 saturated heterocycles. The van der Waals surface area contributed by atoms with Crippen molar-refractivity contribution in [1.82, 2.24) is 20.1 Å². The zero-order chi connectivity index (χ0) is 17.5. The summed E-state index contributed by atoms with van der Waals surface area (Å²) in [5, 5.41) is 10.2. The average Bonchev–Trinajstić information content (AvgIpc) is 2.99. The molecule has 24 heavy (non-hydrogen) atoms. The molecule has 1 aromatic carbocycles. The molecule has 1 heterocycles. The van der Waals surface area contributed by atoms with Crippen molar-refractivity contribution in [3.63, 3.8) is 0 Å². The van der Waals surface area contributed by atoms with E-state index in [9.17, 15) is 4.79 Å². The fourth-order valence-electron chi connectivity index (χ4n) is 2.39. The van der Waals surface area contributed by atoms with Crippen LogP contribution in [0.2, 0.25) is 0 Å². The molecular formula is C16H22N4O2S2. The molecular weight excluding hydrogens is 344 g/mol. The first-order valence-corrected chi connectivity index (χ1v) is 9.49. The van der Waals surface area contributed by atoms with E-state index in [2.05, 4.69) is 15.5 Å². The number of nitrogens with zero attached hydrogens (tertiary/aromatic N) is 2. The minimum absolute atomic E-state index is 0.139. The van der Waals surface area contributed by atoms with Gasteiger partial charge in [-0.15, -0.1) is 0 Å². The molecule has 130 valence electrons. The van der Waals surface area contributed by atoms with E-state index < -0.39 is 0 Å². The number of nitrogens with one attached hydrogen (secondary N) is 2. The van der Waals surface area contributed by atoms with Gasteiger partial charge in [-0.1, -0.05) is 0 Å². The third-order valence-electron chi connectivity index (χ3n) is 3.68. The molecule has 2 rings (SSSR count). The second-order valence-corrected chi connectivity index (χ2v) is 6.54. The molecule has 0 saturated carbocycles. The molecule has 1 atom stereocenters. The van der Waals surface area contributed by atoms with Crippen LogP contribution in [0, 0.1) is 4.77 Å². The number of aromatic amines is 1. The van der Waals surface area contributed by atoms with E-state index in [1.165, 1.54) is 0 Å². The first-order chi connectivity index (χ1) is 11.6. The van der Waals surface area contributed by atoms with Gasteiger partial charge in [-0.05, 0) is 61.8 Å². The molecule has 0 bridgehead atoms. The number of methoxy groups -OCH3 is 1. The van der Waals surface area contributed by atoms with Crippen LogP contribution >= 0.6 is 24.0 Å². The van der Waals surface area contributed by atoms with Crippen molar-refractivity contribution < 1.29 is 9.53 Å². The summed E-state index contributed by atoms with van der Waals surface area (Å²) < 4.78 is 7.60. The molecule has 0 aliphatic heterocycles. The Labute approximate surface area is 151 Å². The molecule has 0 spiro atoms. The van der Waals surface area contributed by atoms with Crippen molar-refractivity contribution in [2.24, 2.45) is 0 Å². The number of benzene rings is 1. The first kappa shape index (κ1) is 18.5. The molecule has 2 aromatic rings. The number of thioether (sulfide) groups is 1. The van der Waals surface area contributed by atoms with Gasteiger partial charge < -0.3 is 14.6 Å². The van der Waals surface area contributed by atoms with Crippen LogP contribution in [-0.4, -0.2) is 39.8 Å². The van der Waals surface area contributed by atoms with E-state index >= 15 is 0 Å². The Hall–Kier alpha value is -1.80. The van der Waals surface area contributed by atoms with E-state index in [-0.39, 0.29) is 11.9 Å². The van der Waals surface area contributed by atoms with Gasteiger partial charge in [0.1, 0.15) is 5.75 Å². The van der Waals surface area contributed by atoms with Crippen LogP contribution in [0.3, 0.4) is 0 Å². The highest BCUT2D eigenvalue weighted by molar-refractivity contribution is 7.98. The summed E-state index contributed by atoms with van der Waals surface area (Å²) in [5.41, 5.74) is 0.585. The fraction of sp³-hybridized carbons (Fsp3) is 0.438. The normalized spacial score (nSPS) is 12.0. The second-order valence-electron chi connectivity index (χ2n) is 5.17. The predicted octanol–water partition coefficient (Wildman–Crippen LogP) is 3.19. The third kappa shape index (κ3) is 4.39. The SMILES string of the molecule is CCn1c([C@@H](CCSC)NC(=O)c2ccc(OC)cc2)n[nH]c1=S. The topological polar surface area (TPSA) is 71.9 Å². The summed E-state index contributed by atoms with van der Waals surface area (Å²) in [6.07, 6.45) is 2.82. The molecule has 0 unspecified atom stereocenters. The molecule has 0 aliphatic rings. The number of carbonyl (C=O) groups excluding carboxylic acids is 1. The van der Waals surface area contributed by atoms with Crippen molar-refractivity contribution in [1.29, 1.82) is 0 Å². The highest BCUT2D eigenvalue weighted by Crippen LogP contribution is 2.19. The number of hydrogen-bond donors (Lipinski definition) is 2. The molecule has 2 N–H and O–H groups in total. The van der Waals surface area contributed by atoms with Crippen molar-refractivity contribution in [2.75, 3.05) is 19.1 Å². The van der Waals surface area contributed by atoms with Crippen LogP contribution in [0.4, 0.5) is 0 Å². The van der Waals surface area contributed by atoms with Gasteiger partial charge >= 0.3 is 0 Å². The highest BCUT2D eigenvalue weighted by Gasteiger charge is 2.21. The largest absolute Gasteiger partial charge is 0.497 e. The van der Waals surface area contributed by atoms with Crippen molar-refractivity contribution >= 4 is 29.9 Å². The van der Waals surface area contributed by atoms with E-state index in [1.54, 1.807) is 43.1 Å². The van der Waals surface area contributed by atoms with E-state index in [1.807, 2.05) is 17.7 Å². The van der Waals surface area contributed by atoms with Gasteiger partial charge in [0.2, 0.25) is 0 Å². The summed E-state index contributed by atoms with van der Waals surface area (Å²) >= 11 is 6.98. The van der Waals surface area contributed by atoms with Crippen molar-refractivity contribution in [2.45, 2.75) is 25.9 Å². The van der Waals surface area contributed by atoms with E-state index in [0.29, 0.717) is 16.9 Å². The quantitative estimate of drug-likeness (QED) is 0.702. The van der Waals surface area contributed by atoms with Gasteiger partial charge in [0.15, 0.2) is 10.6 Å². The predicted molar refractivity (Wildman–Crippen MR) is 99.3 cm³/mol. The lowest BCUT2D eigenvalue weighted by atomic mass is 10.1. The van der Waals surface area contributed by atoms with E-state index in [4.69, 9.17) is 17.0 Å². The third-order valence-corrected chi connectivity index (χ3v) is 4.64. The maximum absolute atomic E-state index is 12.6. The second kappa shape index (κ2) is 8.89. The molecule has 0 radical (unpaired) electrons. The molecule has 6 nitrogen and oxygen atoms in total. The number of hydrogen-bond acceptors (Lipinski definition) is 5. The van der Waals surface area contributed by atoms with Gasteiger partial charge in [-0.3, -0.25) is 9.89 Å². The molecule has 1 amide bonds. The number of aromatic nitrogens is 3.